The van der Waals surface area contributed by atoms with Crippen molar-refractivity contribution < 1.29 is 9.53 Å². The molecule has 0 spiro atoms. The largest absolute Gasteiger partial charge is 0.380 e. The maximum Gasteiger partial charge on any atom is 0.238 e. The lowest BCUT2D eigenvalue weighted by atomic mass is 9.99. The van der Waals surface area contributed by atoms with Gasteiger partial charge in [-0.05, 0) is 27.2 Å². The molecule has 0 radical (unpaired) electrons. The smallest absolute Gasteiger partial charge is 0.238 e. The third-order valence-electron chi connectivity index (χ3n) is 3.25. The monoisotopic (exact) mass is 243 g/mol. The number of nitrogens with zero attached hydrogens (tertiary/aromatic N) is 1. The van der Waals surface area contributed by atoms with Crippen molar-refractivity contribution in [2.45, 2.75) is 44.9 Å². The molecule has 1 saturated heterocycles. The van der Waals surface area contributed by atoms with Crippen molar-refractivity contribution in [1.82, 2.24) is 10.2 Å². The van der Waals surface area contributed by atoms with Gasteiger partial charge in [0.05, 0.1) is 6.10 Å². The Balaban J connectivity index is 2.58. The maximum atomic E-state index is 11.6. The van der Waals surface area contributed by atoms with Crippen molar-refractivity contribution in [2.75, 3.05) is 26.7 Å². The summed E-state index contributed by atoms with van der Waals surface area (Å²) < 4.78 is 5.32. The number of ether oxygens (including phenoxy) is 1. The first kappa shape index (κ1) is 14.4. The molecule has 0 aromatic heterocycles. The Morgan fingerprint density at radius 1 is 1.65 bits per heavy atom. The number of methoxy groups -OCH3 is 1. The van der Waals surface area contributed by atoms with Crippen LogP contribution in [0.25, 0.3) is 0 Å². The van der Waals surface area contributed by atoms with Gasteiger partial charge in [-0.25, -0.2) is 0 Å². The average Bonchev–Trinajstić information content (AvgIpc) is 2.63. The molecule has 17 heavy (non-hydrogen) atoms. The number of nitrogens with one attached hydrogen (secondary N) is 1. The Bertz CT molecular complexity index is 270. The lowest BCUT2D eigenvalue weighted by molar-refractivity contribution is -0.124. The molecular weight excluding hydrogens is 218 g/mol. The van der Waals surface area contributed by atoms with E-state index in [4.69, 9.17) is 10.5 Å². The van der Waals surface area contributed by atoms with Crippen LogP contribution in [0, 0.1) is 0 Å². The predicted molar refractivity (Wildman–Crippen MR) is 67.7 cm³/mol. The van der Waals surface area contributed by atoms with Gasteiger partial charge in [0, 0.05) is 32.8 Å². The van der Waals surface area contributed by atoms with E-state index in [1.54, 1.807) is 7.11 Å². The first-order chi connectivity index (χ1) is 7.87. The van der Waals surface area contributed by atoms with Gasteiger partial charge in [-0.1, -0.05) is 0 Å². The highest BCUT2D eigenvalue weighted by atomic mass is 16.5. The first-order valence-electron chi connectivity index (χ1n) is 6.20. The summed E-state index contributed by atoms with van der Waals surface area (Å²) in [7, 11) is 1.73. The molecule has 1 heterocycles. The van der Waals surface area contributed by atoms with Gasteiger partial charge in [-0.3, -0.25) is 9.69 Å². The quantitative estimate of drug-likeness (QED) is 0.686. The summed E-state index contributed by atoms with van der Waals surface area (Å²) in [4.78, 5) is 13.8. The Hall–Kier alpha value is -0.650. The van der Waals surface area contributed by atoms with E-state index >= 15 is 0 Å². The highest BCUT2D eigenvalue weighted by Gasteiger charge is 2.35. The minimum absolute atomic E-state index is 0.230. The number of nitrogens with two attached hydrogens (primary N) is 1. The zero-order valence-corrected chi connectivity index (χ0v) is 11.3. The summed E-state index contributed by atoms with van der Waals surface area (Å²) in [5.41, 5.74) is 4.84. The number of hydrogen-bond donors (Lipinski definition) is 2. The van der Waals surface area contributed by atoms with Gasteiger partial charge in [0.25, 0.3) is 0 Å². The van der Waals surface area contributed by atoms with Crippen LogP contribution in [0.3, 0.4) is 0 Å². The van der Waals surface area contributed by atoms with Crippen LogP contribution in [-0.2, 0) is 9.53 Å². The Morgan fingerprint density at radius 2 is 2.29 bits per heavy atom. The topological polar surface area (TPSA) is 67.6 Å². The van der Waals surface area contributed by atoms with Gasteiger partial charge in [0.15, 0.2) is 0 Å². The second-order valence-corrected chi connectivity index (χ2v) is 5.38. The second kappa shape index (κ2) is 5.80. The molecule has 1 aliphatic heterocycles. The molecule has 2 unspecified atom stereocenters. The van der Waals surface area contributed by atoms with Gasteiger partial charge < -0.3 is 15.8 Å². The van der Waals surface area contributed by atoms with Crippen LogP contribution in [0.5, 0.6) is 0 Å². The summed E-state index contributed by atoms with van der Waals surface area (Å²) in [6.07, 6.45) is 1.30. The molecule has 3 N–H and O–H groups in total. The SMILES string of the molecule is COC1CCN(CC(C)(NC(C)C)C(N)=O)C1. The third-order valence-corrected chi connectivity index (χ3v) is 3.25. The molecule has 1 rings (SSSR count). The fourth-order valence-electron chi connectivity index (χ4n) is 2.41. The van der Waals surface area contributed by atoms with E-state index in [1.807, 2.05) is 20.8 Å². The Morgan fingerprint density at radius 3 is 2.71 bits per heavy atom. The van der Waals surface area contributed by atoms with Crippen LogP contribution in [0.4, 0.5) is 0 Å². The molecule has 0 aromatic carbocycles. The minimum atomic E-state index is -0.670. The zero-order valence-electron chi connectivity index (χ0n) is 11.3. The van der Waals surface area contributed by atoms with E-state index in [-0.39, 0.29) is 18.1 Å². The van der Waals surface area contributed by atoms with E-state index in [9.17, 15) is 4.79 Å². The van der Waals surface area contributed by atoms with Gasteiger partial charge >= 0.3 is 0 Å². The Kier molecular flexibility index (Phi) is 4.91. The van der Waals surface area contributed by atoms with E-state index in [1.165, 1.54) is 0 Å². The predicted octanol–water partition coefficient (Wildman–Crippen LogP) is -0.0509. The molecule has 5 nitrogen and oxygen atoms in total. The molecule has 5 heteroatoms. The number of carbonyl (C=O) groups excluding carboxylic acids is 1. The molecule has 100 valence electrons. The molecular formula is C12H25N3O2. The highest BCUT2D eigenvalue weighted by molar-refractivity contribution is 5.84. The lowest BCUT2D eigenvalue weighted by Crippen LogP contribution is -2.61. The van der Waals surface area contributed by atoms with Crippen molar-refractivity contribution in [2.24, 2.45) is 5.73 Å². The summed E-state index contributed by atoms with van der Waals surface area (Å²) >= 11 is 0. The molecule has 0 bridgehead atoms. The number of likely N-dealkylation sites (tertiary alicyclic amines) is 1. The molecule has 0 aromatic rings. The van der Waals surface area contributed by atoms with Crippen LogP contribution < -0.4 is 11.1 Å². The molecule has 1 amide bonds. The third kappa shape index (κ3) is 3.94. The molecule has 2 atom stereocenters. The fourth-order valence-corrected chi connectivity index (χ4v) is 2.41. The van der Waals surface area contributed by atoms with Crippen LogP contribution in [0.15, 0.2) is 0 Å². The van der Waals surface area contributed by atoms with Gasteiger partial charge in [0.2, 0.25) is 5.91 Å². The van der Waals surface area contributed by atoms with Gasteiger partial charge in [0.1, 0.15) is 5.54 Å². The van der Waals surface area contributed by atoms with Gasteiger partial charge in [-0.2, -0.15) is 0 Å². The molecule has 0 aliphatic carbocycles. The van der Waals surface area contributed by atoms with E-state index in [0.29, 0.717) is 6.54 Å². The minimum Gasteiger partial charge on any atom is -0.380 e. The van der Waals surface area contributed by atoms with Crippen LogP contribution in [0.2, 0.25) is 0 Å². The number of primary amides is 1. The van der Waals surface area contributed by atoms with Crippen molar-refractivity contribution in [1.29, 1.82) is 0 Å². The number of amides is 1. The molecule has 1 fully saturated rings. The second-order valence-electron chi connectivity index (χ2n) is 5.38. The van der Waals surface area contributed by atoms with E-state index in [0.717, 1.165) is 19.5 Å². The lowest BCUT2D eigenvalue weighted by Gasteiger charge is -2.33. The van der Waals surface area contributed by atoms with Crippen molar-refractivity contribution in [3.63, 3.8) is 0 Å². The van der Waals surface area contributed by atoms with Gasteiger partial charge in [-0.15, -0.1) is 0 Å². The van der Waals surface area contributed by atoms with E-state index in [2.05, 4.69) is 10.2 Å². The number of carbonyl (C=O) groups is 1. The van der Waals surface area contributed by atoms with Crippen molar-refractivity contribution in [3.8, 4) is 0 Å². The molecule has 0 saturated carbocycles. The highest BCUT2D eigenvalue weighted by Crippen LogP contribution is 2.16. The summed E-state index contributed by atoms with van der Waals surface area (Å²) in [5, 5.41) is 3.26. The Labute approximate surface area is 104 Å². The first-order valence-corrected chi connectivity index (χ1v) is 6.20. The molecule has 1 aliphatic rings. The number of rotatable bonds is 6. The van der Waals surface area contributed by atoms with E-state index < -0.39 is 5.54 Å². The fraction of sp³-hybridized carbons (Fsp3) is 0.917. The zero-order chi connectivity index (χ0) is 13.1. The van der Waals surface area contributed by atoms with Crippen LogP contribution >= 0.6 is 0 Å². The maximum absolute atomic E-state index is 11.6. The number of hydrogen-bond acceptors (Lipinski definition) is 4. The standard InChI is InChI=1S/C12H25N3O2/c1-9(2)14-12(3,11(13)16)8-15-6-5-10(7-15)17-4/h9-10,14H,5-8H2,1-4H3,(H2,13,16). The summed E-state index contributed by atoms with van der Waals surface area (Å²) in [6, 6.07) is 0.230. The summed E-state index contributed by atoms with van der Waals surface area (Å²) in [5.74, 6) is -0.299. The normalized spacial score (nSPS) is 25.1. The summed E-state index contributed by atoms with van der Waals surface area (Å²) in [6.45, 7) is 8.38. The average molecular weight is 243 g/mol. The van der Waals surface area contributed by atoms with Crippen LogP contribution in [-0.4, -0.2) is 55.2 Å². The van der Waals surface area contributed by atoms with Crippen molar-refractivity contribution >= 4 is 5.91 Å². The van der Waals surface area contributed by atoms with Crippen molar-refractivity contribution in [3.05, 3.63) is 0 Å². The van der Waals surface area contributed by atoms with Crippen LogP contribution in [0.1, 0.15) is 27.2 Å².